The van der Waals surface area contributed by atoms with Crippen LogP contribution in [0, 0.1) is 0 Å². The number of carbonyl (C=O) groups excluding carboxylic acids is 3. The molecule has 0 saturated carbocycles. The molecule has 0 bridgehead atoms. The van der Waals surface area contributed by atoms with Crippen LogP contribution < -0.4 is 26.1 Å². The first-order chi connectivity index (χ1) is 27.3. The summed E-state index contributed by atoms with van der Waals surface area (Å²) in [5, 5.41) is 27.9. The molecule has 0 heterocycles. The molecule has 0 saturated heterocycles. The van der Waals surface area contributed by atoms with Gasteiger partial charge in [0, 0.05) is 11.9 Å². The zero-order chi connectivity index (χ0) is 43.9. The van der Waals surface area contributed by atoms with Gasteiger partial charge in [0.05, 0.1) is 5.97 Å². The Labute approximate surface area is 381 Å². The Morgan fingerprint density at radius 3 is 0.672 bits per heavy atom. The summed E-state index contributed by atoms with van der Waals surface area (Å²) in [6.07, 6.45) is 0. The topological polar surface area (TPSA) is 150 Å². The average molecular weight is 1220 g/mol. The number of benzene rings is 4. The fourth-order valence-corrected chi connectivity index (χ4v) is 25.3. The molecule has 0 amide bonds. The van der Waals surface area contributed by atoms with Gasteiger partial charge in [0.15, 0.2) is 0 Å². The van der Waals surface area contributed by atoms with Gasteiger partial charge in [-0.05, 0) is 19.4 Å². The molecule has 0 aromatic heterocycles. The summed E-state index contributed by atoms with van der Waals surface area (Å²) < 4.78 is 18.5. The number of carboxylic acid groups (broad SMARTS) is 3. The van der Waals surface area contributed by atoms with Crippen LogP contribution in [0.3, 0.4) is 0 Å². The molecule has 318 valence electrons. The molecule has 4 aromatic carbocycles. The SMILES string of the molecule is CC(=O)[O-].CC(=O)[O-].C[CH2][Sn+]([CH2]C)[CH2]C.C[CH2][Sn+]([CH2]C)[CH2]C.C[CH2][Sn+]([CH2]C)[CH2]C.O=C([O-])c1ccccc1.[OH-].c1cc[c]([Sn+]([c]2ccccc2)[c]2ccccc2)cc1. The Balaban J connectivity index is -0.000000320. The third kappa shape index (κ3) is 37.4. The number of carbonyl (C=O) groups is 3. The molecule has 0 aliphatic heterocycles. The Bertz CT molecular complexity index is 1310. The fourth-order valence-electron chi connectivity index (χ4n) is 5.14. The van der Waals surface area contributed by atoms with Crippen LogP contribution in [0.25, 0.3) is 0 Å². The maximum absolute atomic E-state index is 10.1. The standard InChI is InChI=1S/C7H6O2.3C6H5.2C2H4O2.9C2H5.H2O.4Sn/c8-7(9)6-4-2-1-3-5-6;3*1-2-4-6-5-3-1;2*1-2(3)4;9*1-2;;;;;/h1-5H,(H,8,9);3*1-5H;2*1H3,(H,3,4);9*1H2,2H3;1H2;;;;/q;;;;;;;;;;;;;;;;4*+1/p-4. The molecule has 0 aliphatic rings. The van der Waals surface area contributed by atoms with Crippen LogP contribution in [0.15, 0.2) is 121 Å². The molecule has 0 unspecified atom stereocenters. The molecule has 0 fully saturated rings. The molecular formula is C47H72O7Sn4. The van der Waals surface area contributed by atoms with E-state index in [0.717, 1.165) is 13.8 Å². The van der Waals surface area contributed by atoms with Gasteiger partial charge in [0.2, 0.25) is 0 Å². The van der Waals surface area contributed by atoms with E-state index in [9.17, 15) is 9.90 Å². The van der Waals surface area contributed by atoms with Crippen molar-refractivity contribution in [3.63, 3.8) is 0 Å². The van der Waals surface area contributed by atoms with Crippen LogP contribution in [-0.4, -0.2) is 102 Å². The number of aromatic carboxylic acids is 1. The van der Waals surface area contributed by atoms with E-state index in [4.69, 9.17) is 19.8 Å². The van der Waals surface area contributed by atoms with E-state index >= 15 is 0 Å². The second kappa shape index (κ2) is 45.0. The first kappa shape index (κ1) is 63.1. The van der Waals surface area contributed by atoms with E-state index in [1.54, 1.807) is 58.1 Å². The average Bonchev–Trinajstić information content (AvgIpc) is 3.22. The minimum absolute atomic E-state index is 0. The van der Waals surface area contributed by atoms with Gasteiger partial charge in [-0.2, -0.15) is 0 Å². The number of aliphatic carboxylic acids is 2. The number of carboxylic acids is 3. The molecule has 58 heavy (non-hydrogen) atoms. The van der Waals surface area contributed by atoms with Gasteiger partial charge >= 0.3 is 283 Å². The summed E-state index contributed by atoms with van der Waals surface area (Å²) in [6, 6.07) is 41.0. The summed E-state index contributed by atoms with van der Waals surface area (Å²) in [7, 11) is 0. The summed E-state index contributed by atoms with van der Waals surface area (Å²) in [4.78, 5) is 27.9. The van der Waals surface area contributed by atoms with Crippen molar-refractivity contribution in [2.24, 2.45) is 0 Å². The molecule has 1 N–H and O–H groups in total. The van der Waals surface area contributed by atoms with Crippen LogP contribution in [0.4, 0.5) is 0 Å². The molecule has 0 spiro atoms. The van der Waals surface area contributed by atoms with Crippen LogP contribution in [0.5, 0.6) is 0 Å². The second-order valence-corrected chi connectivity index (χ2v) is 50.6. The first-order valence-electron chi connectivity index (χ1n) is 20.4. The van der Waals surface area contributed by atoms with E-state index in [-0.39, 0.29) is 11.0 Å². The molecule has 11 heteroatoms. The number of hydrogen-bond acceptors (Lipinski definition) is 7. The van der Waals surface area contributed by atoms with Crippen molar-refractivity contribution in [2.45, 2.75) is 116 Å². The van der Waals surface area contributed by atoms with Gasteiger partial charge < -0.3 is 35.2 Å². The predicted molar refractivity (Wildman–Crippen MR) is 250 cm³/mol. The van der Waals surface area contributed by atoms with Crippen molar-refractivity contribution in [3.8, 4) is 0 Å². The molecule has 4 rings (SSSR count). The minimum atomic E-state index is -1.98. The van der Waals surface area contributed by atoms with Gasteiger partial charge in [-0.3, -0.25) is 0 Å². The number of rotatable bonds is 13. The van der Waals surface area contributed by atoms with E-state index in [1.807, 2.05) is 0 Å². The molecule has 0 aliphatic carbocycles. The number of hydrogen-bond donors (Lipinski definition) is 0. The normalized spacial score (nSPS) is 8.81. The summed E-state index contributed by atoms with van der Waals surface area (Å²) in [5.74, 6) is -3.30. The van der Waals surface area contributed by atoms with Crippen molar-refractivity contribution in [3.05, 3.63) is 127 Å². The zero-order valence-corrected chi connectivity index (χ0v) is 48.7. The molecular weight excluding hydrogens is 1150 g/mol. The third-order valence-corrected chi connectivity index (χ3v) is 42.2. The molecule has 0 atom stereocenters. The van der Waals surface area contributed by atoms with Crippen molar-refractivity contribution in [2.75, 3.05) is 0 Å². The Morgan fingerprint density at radius 1 is 0.379 bits per heavy atom. The Kier molecular flexibility index (Phi) is 48.9. The fraction of sp³-hybridized carbons (Fsp3) is 0.426. The van der Waals surface area contributed by atoms with Crippen LogP contribution in [0.2, 0.25) is 39.9 Å². The third-order valence-electron chi connectivity index (χ3n) is 8.70. The monoisotopic (exact) mass is 1230 g/mol. The van der Waals surface area contributed by atoms with E-state index in [0.29, 0.717) is 0 Å². The molecule has 7 nitrogen and oxygen atoms in total. The molecule has 0 radical (unpaired) electrons. The van der Waals surface area contributed by atoms with Gasteiger partial charge in [0.25, 0.3) is 0 Å². The summed E-state index contributed by atoms with van der Waals surface area (Å²) >= 11 is -3.94. The molecule has 4 aromatic rings. The van der Waals surface area contributed by atoms with Crippen molar-refractivity contribution < 1.29 is 35.2 Å². The predicted octanol–water partition coefficient (Wildman–Crippen LogP) is 7.21. The maximum atomic E-state index is 10.1. The van der Waals surface area contributed by atoms with Gasteiger partial charge in [0.1, 0.15) is 0 Å². The van der Waals surface area contributed by atoms with Crippen LogP contribution in [-0.2, 0) is 9.59 Å². The quantitative estimate of drug-likeness (QED) is 0.129. The van der Waals surface area contributed by atoms with Crippen LogP contribution in [0.1, 0.15) is 86.5 Å². The van der Waals surface area contributed by atoms with E-state index < -0.39 is 96.9 Å². The zero-order valence-electron chi connectivity index (χ0n) is 37.3. The van der Waals surface area contributed by atoms with Gasteiger partial charge in [-0.25, -0.2) is 0 Å². The Morgan fingerprint density at radius 2 is 0.552 bits per heavy atom. The van der Waals surface area contributed by atoms with Crippen LogP contribution >= 0.6 is 0 Å². The van der Waals surface area contributed by atoms with Gasteiger partial charge in [-0.1, -0.05) is 30.3 Å². The van der Waals surface area contributed by atoms with Crippen molar-refractivity contribution in [1.29, 1.82) is 0 Å². The second-order valence-electron chi connectivity index (χ2n) is 12.5. The van der Waals surface area contributed by atoms with Gasteiger partial charge in [-0.15, -0.1) is 0 Å². The van der Waals surface area contributed by atoms with E-state index in [1.165, 1.54) is 22.9 Å². The first-order valence-corrected chi connectivity index (χ1v) is 42.9. The van der Waals surface area contributed by atoms with E-state index in [2.05, 4.69) is 153 Å². The van der Waals surface area contributed by atoms with Crippen molar-refractivity contribution in [1.82, 2.24) is 0 Å². The Hall–Kier alpha value is -1.56. The summed E-state index contributed by atoms with van der Waals surface area (Å²) in [6.45, 7) is 23.1. The summed E-state index contributed by atoms with van der Waals surface area (Å²) in [5.41, 5.74) is 0.220. The van der Waals surface area contributed by atoms with Crippen molar-refractivity contribution >= 4 is 108 Å².